The highest BCUT2D eigenvalue weighted by Crippen LogP contribution is 2.29. The number of alkyl halides is 3. The van der Waals surface area contributed by atoms with Crippen molar-refractivity contribution in [2.75, 3.05) is 37.6 Å². The Morgan fingerprint density at radius 2 is 1.91 bits per heavy atom. The normalized spacial score (nSPS) is 14.5. The van der Waals surface area contributed by atoms with Crippen molar-refractivity contribution in [1.29, 1.82) is 0 Å². The third-order valence-corrected chi connectivity index (χ3v) is 5.32. The van der Waals surface area contributed by atoms with Crippen LogP contribution in [0, 0.1) is 17.0 Å². The van der Waals surface area contributed by atoms with Crippen molar-refractivity contribution < 1.29 is 27.7 Å². The third-order valence-electron chi connectivity index (χ3n) is 5.32. The number of carbonyl (C=O) groups excluding carboxylic acids is 2. The Balaban J connectivity index is 1.55. The third kappa shape index (κ3) is 5.96. The number of hydrogen-bond acceptors (Lipinski definition) is 6. The maximum Gasteiger partial charge on any atom is 0.417 e. The molecule has 1 aliphatic heterocycles. The molecule has 12 heteroatoms. The van der Waals surface area contributed by atoms with Gasteiger partial charge in [-0.05, 0) is 31.5 Å². The maximum absolute atomic E-state index is 12.7. The minimum absolute atomic E-state index is 0.0792. The molecule has 0 aliphatic carbocycles. The molecule has 2 amide bonds. The fourth-order valence-corrected chi connectivity index (χ4v) is 3.45. The molecule has 2 aromatic rings. The summed E-state index contributed by atoms with van der Waals surface area (Å²) in [5.41, 5.74) is -0.509. The molecule has 0 saturated carbocycles. The second-order valence-electron chi connectivity index (χ2n) is 7.57. The van der Waals surface area contributed by atoms with E-state index in [-0.39, 0.29) is 23.7 Å². The fourth-order valence-electron chi connectivity index (χ4n) is 3.45. The SMILES string of the molecule is Cc1ccc(C(=O)NCC(=O)N2CCCN(c3ccc(C(F)(F)F)cn3)CC2)cc1[N+](=O)[O-]. The van der Waals surface area contributed by atoms with Crippen LogP contribution in [0.15, 0.2) is 36.5 Å². The molecule has 176 valence electrons. The topological polar surface area (TPSA) is 109 Å². The highest BCUT2D eigenvalue weighted by atomic mass is 19.4. The molecule has 3 rings (SSSR count). The number of aryl methyl sites for hydroxylation is 1. The lowest BCUT2D eigenvalue weighted by atomic mass is 10.1. The molecule has 1 aliphatic rings. The molecule has 9 nitrogen and oxygen atoms in total. The Morgan fingerprint density at radius 1 is 1.15 bits per heavy atom. The number of pyridine rings is 1. The van der Waals surface area contributed by atoms with Gasteiger partial charge in [-0.1, -0.05) is 6.07 Å². The summed E-state index contributed by atoms with van der Waals surface area (Å²) in [6.07, 6.45) is -3.10. The molecular weight excluding hydrogens is 443 g/mol. The number of amides is 2. The highest BCUT2D eigenvalue weighted by molar-refractivity contribution is 5.97. The Bertz CT molecular complexity index is 1040. The zero-order chi connectivity index (χ0) is 24.2. The van der Waals surface area contributed by atoms with Crippen LogP contribution in [0.2, 0.25) is 0 Å². The van der Waals surface area contributed by atoms with Crippen molar-refractivity contribution in [3.8, 4) is 0 Å². The van der Waals surface area contributed by atoms with Gasteiger partial charge in [-0.15, -0.1) is 0 Å². The van der Waals surface area contributed by atoms with E-state index in [2.05, 4.69) is 10.3 Å². The summed E-state index contributed by atoms with van der Waals surface area (Å²) >= 11 is 0. The number of nitrogens with zero attached hydrogens (tertiary/aromatic N) is 4. The second kappa shape index (κ2) is 9.84. The lowest BCUT2D eigenvalue weighted by Crippen LogP contribution is -2.42. The van der Waals surface area contributed by atoms with E-state index < -0.39 is 22.6 Å². The minimum atomic E-state index is -4.46. The molecule has 1 fully saturated rings. The monoisotopic (exact) mass is 465 g/mol. The number of nitrogens with one attached hydrogen (secondary N) is 1. The van der Waals surface area contributed by atoms with Gasteiger partial charge >= 0.3 is 6.18 Å². The first kappa shape index (κ1) is 24.0. The van der Waals surface area contributed by atoms with Crippen LogP contribution in [0.3, 0.4) is 0 Å². The molecule has 1 aromatic carbocycles. The Kier molecular flexibility index (Phi) is 7.14. The van der Waals surface area contributed by atoms with Gasteiger partial charge in [0.2, 0.25) is 5.91 Å². The van der Waals surface area contributed by atoms with Crippen molar-refractivity contribution in [2.45, 2.75) is 19.5 Å². The molecule has 2 heterocycles. The summed E-state index contributed by atoms with van der Waals surface area (Å²) in [5.74, 6) is -0.532. The predicted molar refractivity (Wildman–Crippen MR) is 113 cm³/mol. The van der Waals surface area contributed by atoms with Gasteiger partial charge in [0.25, 0.3) is 11.6 Å². The van der Waals surface area contributed by atoms with Gasteiger partial charge in [0.15, 0.2) is 0 Å². The van der Waals surface area contributed by atoms with Crippen LogP contribution in [-0.2, 0) is 11.0 Å². The number of benzene rings is 1. The number of nitro benzene ring substituents is 1. The largest absolute Gasteiger partial charge is 0.417 e. The predicted octanol–water partition coefficient (Wildman–Crippen LogP) is 2.79. The van der Waals surface area contributed by atoms with E-state index in [1.54, 1.807) is 16.7 Å². The minimum Gasteiger partial charge on any atom is -0.355 e. The molecule has 1 saturated heterocycles. The standard InChI is InChI=1S/C21H22F3N5O4/c1-14-3-4-15(11-17(14)29(32)33)20(31)26-13-19(30)28-8-2-7-27(9-10-28)18-6-5-16(12-25-18)21(22,23)24/h3-6,11-12H,2,7-10,13H2,1H3,(H,26,31). The summed E-state index contributed by atoms with van der Waals surface area (Å²) in [6.45, 7) is 2.91. The van der Waals surface area contributed by atoms with Crippen LogP contribution in [0.1, 0.15) is 27.9 Å². The first-order valence-corrected chi connectivity index (χ1v) is 10.2. The van der Waals surface area contributed by atoms with Gasteiger partial charge in [0.1, 0.15) is 5.82 Å². The summed E-state index contributed by atoms with van der Waals surface area (Å²) in [7, 11) is 0. The first-order chi connectivity index (χ1) is 15.6. The molecule has 0 atom stereocenters. The summed E-state index contributed by atoms with van der Waals surface area (Å²) in [6, 6.07) is 6.36. The van der Waals surface area contributed by atoms with Crippen LogP contribution in [0.5, 0.6) is 0 Å². The number of halogens is 3. The number of nitro groups is 1. The van der Waals surface area contributed by atoms with Gasteiger partial charge in [0, 0.05) is 49.6 Å². The van der Waals surface area contributed by atoms with E-state index >= 15 is 0 Å². The Labute approximate surface area is 187 Å². The van der Waals surface area contributed by atoms with Crippen molar-refractivity contribution in [3.05, 3.63) is 63.3 Å². The van der Waals surface area contributed by atoms with Crippen molar-refractivity contribution in [1.82, 2.24) is 15.2 Å². The van der Waals surface area contributed by atoms with Gasteiger partial charge in [-0.3, -0.25) is 19.7 Å². The number of rotatable bonds is 5. The van der Waals surface area contributed by atoms with E-state index in [1.807, 2.05) is 0 Å². The average Bonchev–Trinajstić information content (AvgIpc) is 3.03. The van der Waals surface area contributed by atoms with E-state index in [0.29, 0.717) is 44.0 Å². The Morgan fingerprint density at radius 3 is 2.55 bits per heavy atom. The maximum atomic E-state index is 12.7. The number of anilines is 1. The van der Waals surface area contributed by atoms with Crippen LogP contribution in [0.4, 0.5) is 24.7 Å². The lowest BCUT2D eigenvalue weighted by molar-refractivity contribution is -0.385. The molecular formula is C21H22F3N5O4. The first-order valence-electron chi connectivity index (χ1n) is 10.2. The second-order valence-corrected chi connectivity index (χ2v) is 7.57. The van der Waals surface area contributed by atoms with Gasteiger partial charge < -0.3 is 15.1 Å². The zero-order valence-electron chi connectivity index (χ0n) is 17.8. The lowest BCUT2D eigenvalue weighted by Gasteiger charge is -2.23. The summed E-state index contributed by atoms with van der Waals surface area (Å²) in [5, 5.41) is 13.5. The van der Waals surface area contributed by atoms with Gasteiger partial charge in [0.05, 0.1) is 17.0 Å². The fraction of sp³-hybridized carbons (Fsp3) is 0.381. The summed E-state index contributed by atoms with van der Waals surface area (Å²) < 4.78 is 38.2. The average molecular weight is 465 g/mol. The van der Waals surface area contributed by atoms with Crippen LogP contribution in [-0.4, -0.2) is 59.3 Å². The van der Waals surface area contributed by atoms with E-state index in [1.165, 1.54) is 18.2 Å². The smallest absolute Gasteiger partial charge is 0.355 e. The van der Waals surface area contributed by atoms with E-state index in [0.717, 1.165) is 18.3 Å². The quantitative estimate of drug-likeness (QED) is 0.537. The van der Waals surface area contributed by atoms with Crippen molar-refractivity contribution in [2.24, 2.45) is 0 Å². The molecule has 0 bridgehead atoms. The molecule has 0 spiro atoms. The van der Waals surface area contributed by atoms with E-state index in [9.17, 15) is 32.9 Å². The van der Waals surface area contributed by atoms with Gasteiger partial charge in [-0.25, -0.2) is 4.98 Å². The van der Waals surface area contributed by atoms with Crippen LogP contribution >= 0.6 is 0 Å². The number of hydrogen-bond donors (Lipinski definition) is 1. The Hall–Kier alpha value is -3.70. The van der Waals surface area contributed by atoms with Crippen LogP contribution in [0.25, 0.3) is 0 Å². The number of aromatic nitrogens is 1. The molecule has 1 N–H and O–H groups in total. The van der Waals surface area contributed by atoms with E-state index in [4.69, 9.17) is 0 Å². The van der Waals surface area contributed by atoms with Gasteiger partial charge in [-0.2, -0.15) is 13.2 Å². The molecule has 1 aromatic heterocycles. The molecule has 33 heavy (non-hydrogen) atoms. The van der Waals surface area contributed by atoms with Crippen molar-refractivity contribution in [3.63, 3.8) is 0 Å². The van der Waals surface area contributed by atoms with Crippen LogP contribution < -0.4 is 10.2 Å². The highest BCUT2D eigenvalue weighted by Gasteiger charge is 2.31. The molecule has 0 unspecified atom stereocenters. The summed E-state index contributed by atoms with van der Waals surface area (Å²) in [4.78, 5) is 42.6. The molecule has 0 radical (unpaired) electrons. The zero-order valence-corrected chi connectivity index (χ0v) is 17.8. The number of carbonyl (C=O) groups is 2. The van der Waals surface area contributed by atoms with Crippen molar-refractivity contribution >= 4 is 23.3 Å².